The van der Waals surface area contributed by atoms with Gasteiger partial charge in [0.1, 0.15) is 5.75 Å². The number of rotatable bonds is 4. The minimum absolute atomic E-state index is 0.332. The van der Waals surface area contributed by atoms with Crippen molar-refractivity contribution in [3.8, 4) is 16.9 Å². The first-order valence-corrected chi connectivity index (χ1v) is 6.58. The molecule has 0 aliphatic heterocycles. The van der Waals surface area contributed by atoms with Gasteiger partial charge < -0.3 is 10.1 Å². The maximum Gasteiger partial charge on any atom is 0.121 e. The van der Waals surface area contributed by atoms with E-state index in [1.807, 2.05) is 13.1 Å². The van der Waals surface area contributed by atoms with E-state index in [-0.39, 0.29) is 0 Å². The zero-order valence-corrected chi connectivity index (χ0v) is 12.0. The van der Waals surface area contributed by atoms with Gasteiger partial charge in [-0.2, -0.15) is 0 Å². The maximum atomic E-state index is 5.32. The third-order valence-corrected chi connectivity index (χ3v) is 3.57. The van der Waals surface area contributed by atoms with E-state index in [1.165, 1.54) is 16.7 Å². The fourth-order valence-electron chi connectivity index (χ4n) is 2.34. The molecule has 0 fully saturated rings. The summed E-state index contributed by atoms with van der Waals surface area (Å²) in [7, 11) is 3.69. The summed E-state index contributed by atoms with van der Waals surface area (Å²) in [5, 5.41) is 3.30. The van der Waals surface area contributed by atoms with Crippen LogP contribution in [0.3, 0.4) is 0 Å². The molecule has 0 amide bonds. The first-order chi connectivity index (χ1) is 9.17. The Morgan fingerprint density at radius 2 is 1.84 bits per heavy atom. The lowest BCUT2D eigenvalue weighted by Gasteiger charge is -2.17. The smallest absolute Gasteiger partial charge is 0.121 e. The van der Waals surface area contributed by atoms with Crippen molar-refractivity contribution < 1.29 is 4.74 Å². The number of hydrogen-bond acceptors (Lipinski definition) is 2. The van der Waals surface area contributed by atoms with Crippen LogP contribution in [0.4, 0.5) is 0 Å². The maximum absolute atomic E-state index is 5.32. The molecule has 0 saturated heterocycles. The van der Waals surface area contributed by atoms with E-state index in [2.05, 4.69) is 55.6 Å². The van der Waals surface area contributed by atoms with Gasteiger partial charge in [0.05, 0.1) is 7.11 Å². The van der Waals surface area contributed by atoms with Crippen molar-refractivity contribution in [2.24, 2.45) is 0 Å². The highest BCUT2D eigenvalue weighted by Crippen LogP contribution is 2.31. The quantitative estimate of drug-likeness (QED) is 0.893. The third-order valence-electron chi connectivity index (χ3n) is 3.57. The Bertz CT molecular complexity index is 563. The fraction of sp³-hybridized carbons (Fsp3) is 0.294. The second kappa shape index (κ2) is 5.89. The Hall–Kier alpha value is -1.80. The third kappa shape index (κ3) is 2.79. The number of nitrogens with one attached hydrogen (secondary N) is 1. The SMILES string of the molecule is CNC(C)c1ccccc1-c1ccc(OC)c(C)c1. The van der Waals surface area contributed by atoms with Crippen LogP contribution in [0.1, 0.15) is 24.1 Å². The summed E-state index contributed by atoms with van der Waals surface area (Å²) in [5.41, 5.74) is 4.98. The number of methoxy groups -OCH3 is 1. The second-order valence-corrected chi connectivity index (χ2v) is 4.78. The van der Waals surface area contributed by atoms with Crippen LogP contribution in [-0.4, -0.2) is 14.2 Å². The zero-order valence-electron chi connectivity index (χ0n) is 12.0. The molecule has 2 aromatic rings. The molecular formula is C17H21NO. The summed E-state index contributed by atoms with van der Waals surface area (Å²) in [6, 6.07) is 15.2. The number of ether oxygens (including phenoxy) is 1. The van der Waals surface area contributed by atoms with Gasteiger partial charge in [-0.3, -0.25) is 0 Å². The van der Waals surface area contributed by atoms with Crippen molar-refractivity contribution in [1.82, 2.24) is 5.32 Å². The Morgan fingerprint density at radius 1 is 1.11 bits per heavy atom. The monoisotopic (exact) mass is 255 g/mol. The van der Waals surface area contributed by atoms with E-state index in [0.29, 0.717) is 6.04 Å². The van der Waals surface area contributed by atoms with Gasteiger partial charge in [-0.1, -0.05) is 30.3 Å². The van der Waals surface area contributed by atoms with Gasteiger partial charge in [-0.15, -0.1) is 0 Å². The van der Waals surface area contributed by atoms with Gasteiger partial charge in [0.25, 0.3) is 0 Å². The van der Waals surface area contributed by atoms with Crippen LogP contribution in [0.15, 0.2) is 42.5 Å². The molecule has 2 nitrogen and oxygen atoms in total. The van der Waals surface area contributed by atoms with Crippen molar-refractivity contribution in [1.29, 1.82) is 0 Å². The molecule has 0 aromatic heterocycles. The highest BCUT2D eigenvalue weighted by molar-refractivity contribution is 5.69. The standard InChI is InChI=1S/C17H21NO/c1-12-11-14(9-10-17(12)19-4)16-8-6-5-7-15(16)13(2)18-3/h5-11,13,18H,1-4H3. The molecule has 19 heavy (non-hydrogen) atoms. The summed E-state index contributed by atoms with van der Waals surface area (Å²) in [6.45, 7) is 4.25. The molecule has 100 valence electrons. The predicted octanol–water partition coefficient (Wildman–Crippen LogP) is 3.95. The zero-order chi connectivity index (χ0) is 13.8. The molecule has 0 aliphatic carbocycles. The van der Waals surface area contributed by atoms with Gasteiger partial charge in [0, 0.05) is 6.04 Å². The Balaban J connectivity index is 2.50. The molecule has 2 rings (SSSR count). The highest BCUT2D eigenvalue weighted by Gasteiger charge is 2.10. The van der Waals surface area contributed by atoms with Crippen LogP contribution in [0, 0.1) is 6.92 Å². The van der Waals surface area contributed by atoms with Gasteiger partial charge in [0.15, 0.2) is 0 Å². The van der Waals surface area contributed by atoms with E-state index < -0.39 is 0 Å². The molecule has 0 bridgehead atoms. The lowest BCUT2D eigenvalue weighted by Crippen LogP contribution is -2.13. The van der Waals surface area contributed by atoms with Crippen molar-refractivity contribution in [2.75, 3.05) is 14.2 Å². The van der Waals surface area contributed by atoms with Crippen LogP contribution in [0.25, 0.3) is 11.1 Å². The van der Waals surface area contributed by atoms with Crippen LogP contribution in [0.2, 0.25) is 0 Å². The van der Waals surface area contributed by atoms with Gasteiger partial charge in [0.2, 0.25) is 0 Å². The molecule has 0 heterocycles. The molecule has 1 unspecified atom stereocenters. The number of aryl methyl sites for hydroxylation is 1. The highest BCUT2D eigenvalue weighted by atomic mass is 16.5. The molecule has 1 N–H and O–H groups in total. The molecule has 2 aromatic carbocycles. The fourth-order valence-corrected chi connectivity index (χ4v) is 2.34. The molecule has 1 atom stereocenters. The first-order valence-electron chi connectivity index (χ1n) is 6.58. The van der Waals surface area contributed by atoms with E-state index in [4.69, 9.17) is 4.74 Å². The average Bonchev–Trinajstić information content (AvgIpc) is 2.46. The van der Waals surface area contributed by atoms with Crippen molar-refractivity contribution in [3.63, 3.8) is 0 Å². The van der Waals surface area contributed by atoms with E-state index in [9.17, 15) is 0 Å². The summed E-state index contributed by atoms with van der Waals surface area (Å²) < 4.78 is 5.32. The van der Waals surface area contributed by atoms with Gasteiger partial charge in [-0.25, -0.2) is 0 Å². The van der Waals surface area contributed by atoms with Crippen LogP contribution >= 0.6 is 0 Å². The first kappa shape index (κ1) is 13.6. The Kier molecular flexibility index (Phi) is 4.23. The van der Waals surface area contributed by atoms with E-state index >= 15 is 0 Å². The van der Waals surface area contributed by atoms with Crippen LogP contribution in [-0.2, 0) is 0 Å². The van der Waals surface area contributed by atoms with Crippen molar-refractivity contribution in [2.45, 2.75) is 19.9 Å². The minimum Gasteiger partial charge on any atom is -0.496 e. The van der Waals surface area contributed by atoms with E-state index in [0.717, 1.165) is 11.3 Å². The average molecular weight is 255 g/mol. The van der Waals surface area contributed by atoms with Crippen LogP contribution in [0.5, 0.6) is 5.75 Å². The minimum atomic E-state index is 0.332. The molecular weight excluding hydrogens is 234 g/mol. The summed E-state index contributed by atoms with van der Waals surface area (Å²) in [6.07, 6.45) is 0. The molecule has 0 spiro atoms. The summed E-state index contributed by atoms with van der Waals surface area (Å²) in [4.78, 5) is 0. The lowest BCUT2D eigenvalue weighted by atomic mass is 9.94. The Morgan fingerprint density at radius 3 is 2.47 bits per heavy atom. The second-order valence-electron chi connectivity index (χ2n) is 4.78. The molecule has 0 aliphatic rings. The number of benzene rings is 2. The summed E-state index contributed by atoms with van der Waals surface area (Å²) >= 11 is 0. The topological polar surface area (TPSA) is 21.3 Å². The van der Waals surface area contributed by atoms with Crippen LogP contribution < -0.4 is 10.1 Å². The largest absolute Gasteiger partial charge is 0.496 e. The lowest BCUT2D eigenvalue weighted by molar-refractivity contribution is 0.412. The summed E-state index contributed by atoms with van der Waals surface area (Å²) in [5.74, 6) is 0.933. The van der Waals surface area contributed by atoms with Gasteiger partial charge >= 0.3 is 0 Å². The van der Waals surface area contributed by atoms with E-state index in [1.54, 1.807) is 7.11 Å². The van der Waals surface area contributed by atoms with Gasteiger partial charge in [-0.05, 0) is 55.3 Å². The number of hydrogen-bond donors (Lipinski definition) is 1. The predicted molar refractivity (Wildman–Crippen MR) is 80.6 cm³/mol. The molecule has 0 radical (unpaired) electrons. The normalized spacial score (nSPS) is 12.2. The van der Waals surface area contributed by atoms with Crippen molar-refractivity contribution in [3.05, 3.63) is 53.6 Å². The molecule has 0 saturated carbocycles. The molecule has 2 heteroatoms. The Labute approximate surface area is 115 Å². The van der Waals surface area contributed by atoms with Crippen molar-refractivity contribution >= 4 is 0 Å².